The van der Waals surface area contributed by atoms with Crippen LogP contribution in [0, 0.1) is 19.8 Å². The fraction of sp³-hybridized carbons (Fsp3) is 0.565. The van der Waals surface area contributed by atoms with Gasteiger partial charge in [0.25, 0.3) is 0 Å². The zero-order valence-corrected chi connectivity index (χ0v) is 18.9. The average Bonchev–Trinajstić information content (AvgIpc) is 3.53. The first-order valence-electron chi connectivity index (χ1n) is 10.2. The number of nitrogens with zero attached hydrogens (tertiary/aromatic N) is 1. The van der Waals surface area contributed by atoms with Crippen LogP contribution in [-0.4, -0.2) is 56.6 Å². The Morgan fingerprint density at radius 1 is 1.21 bits per heavy atom. The summed E-state index contributed by atoms with van der Waals surface area (Å²) in [6, 6.07) is 1.95. The molecule has 1 saturated carbocycles. The highest BCUT2D eigenvalue weighted by Crippen LogP contribution is 2.43. The molecule has 0 spiro atoms. The van der Waals surface area contributed by atoms with Gasteiger partial charge in [0.15, 0.2) is 11.6 Å². The lowest BCUT2D eigenvalue weighted by atomic mass is 9.88. The number of carbonyl (C=O) groups excluding carboxylic acids is 2. The van der Waals surface area contributed by atoms with Gasteiger partial charge < -0.3 is 14.4 Å². The minimum absolute atomic E-state index is 0.00450. The SMILES string of the molecule is COCCOC1CCSc2c(C)cc(C(=O)/C(=C/N(C)C)C(=O)C3CC3)c(C)c21. The van der Waals surface area contributed by atoms with Crippen molar-refractivity contribution in [1.29, 1.82) is 0 Å². The molecule has 5 nitrogen and oxygen atoms in total. The minimum atomic E-state index is -0.176. The molecule has 1 aromatic rings. The minimum Gasteiger partial charge on any atom is -0.383 e. The monoisotopic (exact) mass is 417 g/mol. The van der Waals surface area contributed by atoms with Crippen molar-refractivity contribution in [2.45, 2.75) is 44.1 Å². The summed E-state index contributed by atoms with van der Waals surface area (Å²) in [5, 5.41) is 0. The average molecular weight is 418 g/mol. The molecule has 0 N–H and O–H groups in total. The highest BCUT2D eigenvalue weighted by molar-refractivity contribution is 7.99. The van der Waals surface area contributed by atoms with Gasteiger partial charge in [-0.15, -0.1) is 11.8 Å². The first kappa shape index (κ1) is 22.1. The molecule has 158 valence electrons. The number of benzene rings is 1. The lowest BCUT2D eigenvalue weighted by Gasteiger charge is -2.29. The van der Waals surface area contributed by atoms with Crippen molar-refractivity contribution in [3.05, 3.63) is 40.1 Å². The van der Waals surface area contributed by atoms with Gasteiger partial charge in [-0.3, -0.25) is 9.59 Å². The molecule has 3 rings (SSSR count). The molecule has 2 aliphatic rings. The van der Waals surface area contributed by atoms with Crippen molar-refractivity contribution < 1.29 is 19.1 Å². The maximum atomic E-state index is 13.5. The van der Waals surface area contributed by atoms with Gasteiger partial charge >= 0.3 is 0 Å². The molecule has 0 amide bonds. The van der Waals surface area contributed by atoms with E-state index < -0.39 is 0 Å². The number of rotatable bonds is 9. The summed E-state index contributed by atoms with van der Waals surface area (Å²) < 4.78 is 11.2. The molecule has 1 heterocycles. The lowest BCUT2D eigenvalue weighted by Crippen LogP contribution is -2.22. The molecule has 1 aliphatic carbocycles. The first-order chi connectivity index (χ1) is 13.8. The summed E-state index contributed by atoms with van der Waals surface area (Å²) in [6.07, 6.45) is 4.29. The second-order valence-corrected chi connectivity index (χ2v) is 9.18. The third-order valence-corrected chi connectivity index (χ3v) is 6.69. The predicted molar refractivity (Wildman–Crippen MR) is 116 cm³/mol. The highest BCUT2D eigenvalue weighted by Gasteiger charge is 2.36. The number of Topliss-reactive ketones (excluding diaryl/α,β-unsaturated/α-hetero) is 2. The second-order valence-electron chi connectivity index (χ2n) is 8.07. The Morgan fingerprint density at radius 2 is 1.93 bits per heavy atom. The van der Waals surface area contributed by atoms with Crippen LogP contribution in [0.25, 0.3) is 0 Å². The van der Waals surface area contributed by atoms with E-state index in [4.69, 9.17) is 9.47 Å². The largest absolute Gasteiger partial charge is 0.383 e. The number of fused-ring (bicyclic) bond motifs is 1. The van der Waals surface area contributed by atoms with Crippen molar-refractivity contribution >= 4 is 23.3 Å². The summed E-state index contributed by atoms with van der Waals surface area (Å²) in [4.78, 5) is 29.3. The standard InChI is InChI=1S/C23H31NO4S/c1-14-12-17(22(26)18(13-24(3)4)21(25)16-6-7-16)15(2)20-19(28-10-9-27-5)8-11-29-23(14)20/h12-13,16,19H,6-11H2,1-5H3/b18-13+. The maximum Gasteiger partial charge on any atom is 0.198 e. The van der Waals surface area contributed by atoms with Crippen molar-refractivity contribution in [1.82, 2.24) is 4.90 Å². The van der Waals surface area contributed by atoms with E-state index >= 15 is 0 Å². The quantitative estimate of drug-likeness (QED) is 0.198. The van der Waals surface area contributed by atoms with Crippen molar-refractivity contribution in [2.24, 2.45) is 5.92 Å². The third-order valence-electron chi connectivity index (χ3n) is 5.42. The molecule has 0 saturated heterocycles. The topological polar surface area (TPSA) is 55.8 Å². The van der Waals surface area contributed by atoms with Crippen LogP contribution >= 0.6 is 11.8 Å². The number of methoxy groups -OCH3 is 1. The molecular formula is C23H31NO4S. The normalized spacial score (nSPS) is 19.1. The van der Waals surface area contributed by atoms with Crippen LogP contribution in [0.3, 0.4) is 0 Å². The van der Waals surface area contributed by atoms with Crippen LogP contribution < -0.4 is 0 Å². The molecule has 1 atom stereocenters. The van der Waals surface area contributed by atoms with Gasteiger partial charge in [0, 0.05) is 49.5 Å². The molecule has 0 aromatic heterocycles. The number of thioether (sulfide) groups is 1. The van der Waals surface area contributed by atoms with Crippen LogP contribution in [0.1, 0.15) is 52.4 Å². The smallest absolute Gasteiger partial charge is 0.198 e. The number of ether oxygens (including phenoxy) is 2. The number of allylic oxidation sites excluding steroid dienone is 1. The maximum absolute atomic E-state index is 13.5. The Morgan fingerprint density at radius 3 is 2.55 bits per heavy atom. The number of aryl methyl sites for hydroxylation is 1. The Labute approximate surface area is 177 Å². The molecule has 29 heavy (non-hydrogen) atoms. The van der Waals surface area contributed by atoms with Gasteiger partial charge in [0.1, 0.15) is 0 Å². The lowest BCUT2D eigenvalue weighted by molar-refractivity contribution is -0.116. The molecule has 1 aliphatic heterocycles. The first-order valence-corrected chi connectivity index (χ1v) is 11.2. The Hall–Kier alpha value is -1.63. The van der Waals surface area contributed by atoms with Crippen molar-refractivity contribution in [2.75, 3.05) is 40.2 Å². The van der Waals surface area contributed by atoms with E-state index in [1.807, 2.05) is 45.8 Å². The molecule has 1 aromatic carbocycles. The number of ketones is 2. The number of carbonyl (C=O) groups is 2. The van der Waals surface area contributed by atoms with Gasteiger partial charge in [-0.2, -0.15) is 0 Å². The molecule has 6 heteroatoms. The predicted octanol–water partition coefficient (Wildman–Crippen LogP) is 4.11. The fourth-order valence-corrected chi connectivity index (χ4v) is 5.05. The van der Waals surface area contributed by atoms with Crippen LogP contribution in [-0.2, 0) is 14.3 Å². The van der Waals surface area contributed by atoms with E-state index in [1.54, 1.807) is 18.2 Å². The Balaban J connectivity index is 2.01. The highest BCUT2D eigenvalue weighted by atomic mass is 32.2. The molecule has 0 bridgehead atoms. The zero-order valence-electron chi connectivity index (χ0n) is 18.0. The number of hydrogen-bond acceptors (Lipinski definition) is 6. The van der Waals surface area contributed by atoms with Gasteiger partial charge in [0.2, 0.25) is 0 Å². The van der Waals surface area contributed by atoms with Gasteiger partial charge in [0.05, 0.1) is 24.9 Å². The van der Waals surface area contributed by atoms with Crippen molar-refractivity contribution in [3.63, 3.8) is 0 Å². The van der Waals surface area contributed by atoms with E-state index in [9.17, 15) is 9.59 Å². The number of hydrogen-bond donors (Lipinski definition) is 0. The Kier molecular flexibility index (Phi) is 7.19. The Bertz CT molecular complexity index is 827. The summed E-state index contributed by atoms with van der Waals surface area (Å²) in [5.74, 6) is 0.792. The van der Waals surface area contributed by atoms with Crippen molar-refractivity contribution in [3.8, 4) is 0 Å². The summed E-state index contributed by atoms with van der Waals surface area (Å²) >= 11 is 1.82. The molecular weight excluding hydrogens is 386 g/mol. The molecule has 1 unspecified atom stereocenters. The van der Waals surface area contributed by atoms with Crippen LogP contribution in [0.4, 0.5) is 0 Å². The van der Waals surface area contributed by atoms with Crippen LogP contribution in [0.5, 0.6) is 0 Å². The molecule has 0 radical (unpaired) electrons. The summed E-state index contributed by atoms with van der Waals surface area (Å²) in [5.41, 5.74) is 4.01. The van der Waals surface area contributed by atoms with Crippen LogP contribution in [0.15, 0.2) is 22.7 Å². The summed E-state index contributed by atoms with van der Waals surface area (Å²) in [7, 11) is 5.35. The van der Waals surface area contributed by atoms with Gasteiger partial charge in [-0.1, -0.05) is 0 Å². The van der Waals surface area contributed by atoms with Gasteiger partial charge in [-0.25, -0.2) is 0 Å². The van der Waals surface area contributed by atoms with E-state index in [0.29, 0.717) is 24.4 Å². The van der Waals surface area contributed by atoms with E-state index in [-0.39, 0.29) is 23.6 Å². The van der Waals surface area contributed by atoms with Gasteiger partial charge in [-0.05, 0) is 55.9 Å². The zero-order chi connectivity index (χ0) is 21.1. The van der Waals surface area contributed by atoms with Crippen LogP contribution in [0.2, 0.25) is 0 Å². The van der Waals surface area contributed by atoms with E-state index in [2.05, 4.69) is 0 Å². The van der Waals surface area contributed by atoms with E-state index in [0.717, 1.165) is 41.7 Å². The van der Waals surface area contributed by atoms with E-state index in [1.165, 1.54) is 4.90 Å². The molecule has 1 fully saturated rings. The fourth-order valence-electron chi connectivity index (χ4n) is 3.79. The summed E-state index contributed by atoms with van der Waals surface area (Å²) in [6.45, 7) is 5.09. The second kappa shape index (κ2) is 9.45. The third kappa shape index (κ3) is 4.93.